The zero-order valence-electron chi connectivity index (χ0n) is 15.4. The third kappa shape index (κ3) is 4.19. The Hall–Kier alpha value is -2.47. The van der Waals surface area contributed by atoms with Gasteiger partial charge in [0.1, 0.15) is 16.5 Å². The van der Waals surface area contributed by atoms with Crippen LogP contribution in [0.15, 0.2) is 30.3 Å². The second-order valence-corrected chi connectivity index (χ2v) is 7.33. The highest BCUT2D eigenvalue weighted by Gasteiger charge is 2.10. The maximum Gasteiger partial charge on any atom is 0.251 e. The van der Waals surface area contributed by atoms with Gasteiger partial charge in [-0.15, -0.1) is 11.3 Å². The van der Waals surface area contributed by atoms with Crippen molar-refractivity contribution >= 4 is 33.3 Å². The largest absolute Gasteiger partial charge is 0.365 e. The van der Waals surface area contributed by atoms with Crippen LogP contribution in [0.2, 0.25) is 0 Å². The van der Waals surface area contributed by atoms with Crippen molar-refractivity contribution in [2.75, 3.05) is 11.9 Å². The van der Waals surface area contributed by atoms with Gasteiger partial charge in [0.15, 0.2) is 0 Å². The summed E-state index contributed by atoms with van der Waals surface area (Å²) in [5, 5.41) is 7.39. The van der Waals surface area contributed by atoms with Crippen LogP contribution in [0.5, 0.6) is 0 Å². The van der Waals surface area contributed by atoms with Gasteiger partial charge in [0.25, 0.3) is 5.91 Å². The number of rotatable bonds is 7. The number of carbonyl (C=O) groups excluding carboxylic acids is 1. The number of benzene rings is 1. The predicted molar refractivity (Wildman–Crippen MR) is 108 cm³/mol. The van der Waals surface area contributed by atoms with Gasteiger partial charge < -0.3 is 10.6 Å². The Bertz CT molecular complexity index is 902. The summed E-state index contributed by atoms with van der Waals surface area (Å²) in [5.41, 5.74) is 1.79. The lowest BCUT2D eigenvalue weighted by Gasteiger charge is -2.09. The summed E-state index contributed by atoms with van der Waals surface area (Å²) in [7, 11) is 0. The molecular weight excluding hydrogens is 344 g/mol. The van der Waals surface area contributed by atoms with Gasteiger partial charge in [-0.05, 0) is 43.5 Å². The fourth-order valence-electron chi connectivity index (χ4n) is 2.69. The van der Waals surface area contributed by atoms with Crippen molar-refractivity contribution in [1.82, 2.24) is 15.3 Å². The molecule has 0 radical (unpaired) electrons. The molecule has 0 saturated heterocycles. The number of aromatic nitrogens is 2. The van der Waals surface area contributed by atoms with Gasteiger partial charge in [0, 0.05) is 23.5 Å². The minimum Gasteiger partial charge on any atom is -0.365 e. The van der Waals surface area contributed by atoms with Crippen LogP contribution in [0.3, 0.4) is 0 Å². The van der Waals surface area contributed by atoms with E-state index in [1.54, 1.807) is 11.3 Å². The fraction of sp³-hybridized carbons (Fsp3) is 0.350. The molecule has 0 aliphatic rings. The van der Waals surface area contributed by atoms with E-state index in [1.165, 1.54) is 4.88 Å². The van der Waals surface area contributed by atoms with Crippen LogP contribution in [0.1, 0.15) is 46.9 Å². The van der Waals surface area contributed by atoms with Gasteiger partial charge in [-0.25, -0.2) is 9.97 Å². The van der Waals surface area contributed by atoms with Crippen molar-refractivity contribution in [2.45, 2.75) is 40.2 Å². The predicted octanol–water partition coefficient (Wildman–Crippen LogP) is 4.31. The Morgan fingerprint density at radius 1 is 1.15 bits per heavy atom. The Balaban J connectivity index is 1.72. The molecule has 2 N–H and O–H groups in total. The number of aryl methyl sites for hydroxylation is 2. The molecule has 0 spiro atoms. The average Bonchev–Trinajstić information content (AvgIpc) is 3.07. The van der Waals surface area contributed by atoms with Crippen LogP contribution in [0.4, 0.5) is 5.82 Å². The Labute approximate surface area is 157 Å². The lowest BCUT2D eigenvalue weighted by molar-refractivity contribution is 0.0953. The summed E-state index contributed by atoms with van der Waals surface area (Å²) in [6.45, 7) is 7.46. The number of nitrogens with one attached hydrogen (secondary N) is 2. The molecule has 2 heterocycles. The zero-order chi connectivity index (χ0) is 18.5. The SMILES string of the molecule is CCCNC(=O)c1ccc(CNc2nc(C)nc3sc(CC)cc23)cc1. The number of anilines is 1. The van der Waals surface area contributed by atoms with E-state index >= 15 is 0 Å². The molecule has 0 atom stereocenters. The maximum atomic E-state index is 12.0. The molecule has 1 amide bonds. The molecular formula is C20H24N4OS. The van der Waals surface area contributed by atoms with Crippen LogP contribution in [-0.2, 0) is 13.0 Å². The lowest BCUT2D eigenvalue weighted by atomic mass is 10.1. The summed E-state index contributed by atoms with van der Waals surface area (Å²) in [6.07, 6.45) is 1.93. The molecule has 0 fully saturated rings. The van der Waals surface area contributed by atoms with Gasteiger partial charge >= 0.3 is 0 Å². The highest BCUT2D eigenvalue weighted by atomic mass is 32.1. The van der Waals surface area contributed by atoms with Crippen LogP contribution in [0, 0.1) is 6.92 Å². The van der Waals surface area contributed by atoms with E-state index in [2.05, 4.69) is 33.6 Å². The molecule has 0 bridgehead atoms. The summed E-state index contributed by atoms with van der Waals surface area (Å²) in [6, 6.07) is 9.85. The lowest BCUT2D eigenvalue weighted by Crippen LogP contribution is -2.23. The molecule has 0 aliphatic heterocycles. The average molecular weight is 369 g/mol. The summed E-state index contributed by atoms with van der Waals surface area (Å²) >= 11 is 1.72. The second-order valence-electron chi connectivity index (χ2n) is 6.21. The van der Waals surface area contributed by atoms with Gasteiger partial charge in [-0.2, -0.15) is 0 Å². The topological polar surface area (TPSA) is 66.9 Å². The second kappa shape index (κ2) is 8.27. The zero-order valence-corrected chi connectivity index (χ0v) is 16.2. The third-order valence-electron chi connectivity index (χ3n) is 4.12. The molecule has 0 saturated carbocycles. The van der Waals surface area contributed by atoms with Gasteiger partial charge in [-0.1, -0.05) is 26.0 Å². The number of thiophene rings is 1. The highest BCUT2D eigenvalue weighted by Crippen LogP contribution is 2.29. The van der Waals surface area contributed by atoms with E-state index in [0.29, 0.717) is 18.7 Å². The number of hydrogen-bond acceptors (Lipinski definition) is 5. The third-order valence-corrected chi connectivity index (χ3v) is 5.29. The number of hydrogen-bond donors (Lipinski definition) is 2. The molecule has 136 valence electrons. The van der Waals surface area contributed by atoms with Crippen LogP contribution >= 0.6 is 11.3 Å². The Morgan fingerprint density at radius 3 is 2.62 bits per heavy atom. The first-order chi connectivity index (χ1) is 12.6. The number of carbonyl (C=O) groups is 1. The summed E-state index contributed by atoms with van der Waals surface area (Å²) in [4.78, 5) is 23.4. The van der Waals surface area contributed by atoms with Crippen molar-refractivity contribution in [3.63, 3.8) is 0 Å². The van der Waals surface area contributed by atoms with Gasteiger partial charge in [0.05, 0.1) is 5.39 Å². The summed E-state index contributed by atoms with van der Waals surface area (Å²) in [5.74, 6) is 1.62. The first kappa shape index (κ1) is 18.3. The quantitative estimate of drug-likeness (QED) is 0.652. The maximum absolute atomic E-state index is 12.0. The fourth-order valence-corrected chi connectivity index (χ4v) is 3.70. The minimum atomic E-state index is -0.0233. The van der Waals surface area contributed by atoms with Crippen molar-refractivity contribution in [2.24, 2.45) is 0 Å². The smallest absolute Gasteiger partial charge is 0.251 e. The highest BCUT2D eigenvalue weighted by molar-refractivity contribution is 7.18. The van der Waals surface area contributed by atoms with E-state index < -0.39 is 0 Å². The monoisotopic (exact) mass is 368 g/mol. The Kier molecular flexibility index (Phi) is 5.83. The standard InChI is InChI=1S/C20H24N4OS/c1-4-10-21-19(25)15-8-6-14(7-9-15)12-22-18-17-11-16(5-2)26-20(17)24-13(3)23-18/h6-9,11H,4-5,10,12H2,1-3H3,(H,21,25)(H,22,23,24). The van der Waals surface area contributed by atoms with E-state index in [-0.39, 0.29) is 5.91 Å². The number of amides is 1. The number of nitrogens with zero attached hydrogens (tertiary/aromatic N) is 2. The first-order valence-electron chi connectivity index (χ1n) is 8.98. The molecule has 5 nitrogen and oxygen atoms in total. The molecule has 3 rings (SSSR count). The van der Waals surface area contributed by atoms with Crippen LogP contribution < -0.4 is 10.6 Å². The van der Waals surface area contributed by atoms with Crippen LogP contribution in [0.25, 0.3) is 10.2 Å². The van der Waals surface area contributed by atoms with Gasteiger partial charge in [0.2, 0.25) is 0 Å². The molecule has 26 heavy (non-hydrogen) atoms. The molecule has 3 aromatic rings. The molecule has 1 aromatic carbocycles. The van der Waals surface area contributed by atoms with Crippen molar-refractivity contribution in [3.05, 3.63) is 52.2 Å². The van der Waals surface area contributed by atoms with Crippen molar-refractivity contribution < 1.29 is 4.79 Å². The van der Waals surface area contributed by atoms with E-state index in [4.69, 9.17) is 0 Å². The molecule has 2 aromatic heterocycles. The normalized spacial score (nSPS) is 10.9. The Morgan fingerprint density at radius 2 is 1.92 bits per heavy atom. The molecule has 6 heteroatoms. The van der Waals surface area contributed by atoms with Crippen molar-refractivity contribution in [1.29, 1.82) is 0 Å². The first-order valence-corrected chi connectivity index (χ1v) is 9.80. The van der Waals surface area contributed by atoms with Gasteiger partial charge in [-0.3, -0.25) is 4.79 Å². The molecule has 0 aliphatic carbocycles. The molecule has 0 unspecified atom stereocenters. The van der Waals surface area contributed by atoms with E-state index in [9.17, 15) is 4.79 Å². The summed E-state index contributed by atoms with van der Waals surface area (Å²) < 4.78 is 0. The minimum absolute atomic E-state index is 0.0233. The van der Waals surface area contributed by atoms with Crippen molar-refractivity contribution in [3.8, 4) is 0 Å². The van der Waals surface area contributed by atoms with Crippen LogP contribution in [-0.4, -0.2) is 22.4 Å². The van der Waals surface area contributed by atoms with E-state index in [1.807, 2.05) is 38.1 Å². The number of fused-ring (bicyclic) bond motifs is 1. The van der Waals surface area contributed by atoms with E-state index in [0.717, 1.165) is 40.3 Å².